The Morgan fingerprint density at radius 3 is 2.56 bits per heavy atom. The first-order chi connectivity index (χ1) is 7.65. The van der Waals surface area contributed by atoms with Gasteiger partial charge in [0.1, 0.15) is 17.1 Å². The van der Waals surface area contributed by atoms with Gasteiger partial charge in [-0.3, -0.25) is 4.79 Å². The van der Waals surface area contributed by atoms with Gasteiger partial charge in [-0.05, 0) is 0 Å². The van der Waals surface area contributed by atoms with Gasteiger partial charge in [0, 0.05) is 18.2 Å². The van der Waals surface area contributed by atoms with E-state index in [2.05, 4.69) is 0 Å². The highest BCUT2D eigenvalue weighted by Crippen LogP contribution is 2.33. The lowest BCUT2D eigenvalue weighted by molar-refractivity contribution is 0.0976. The van der Waals surface area contributed by atoms with Crippen molar-refractivity contribution in [2.24, 2.45) is 5.73 Å². The number of benzene rings is 1. The summed E-state index contributed by atoms with van der Waals surface area (Å²) in [6.45, 7) is 0. The van der Waals surface area contributed by atoms with Gasteiger partial charge in [0.2, 0.25) is 0 Å². The molecule has 1 aromatic heterocycles. The van der Waals surface area contributed by atoms with Crippen molar-refractivity contribution >= 4 is 16.9 Å². The number of nitrogens with two attached hydrogens (primary N) is 1. The third kappa shape index (κ3) is 1.56. The average Bonchev–Trinajstić information content (AvgIpc) is 2.71. The minimum absolute atomic E-state index is 0.0987. The molecule has 0 aliphatic carbocycles. The molecule has 1 amide bonds. The number of carbonyl (C=O) groups is 1. The van der Waals surface area contributed by atoms with Crippen LogP contribution in [-0.2, 0) is 0 Å². The molecule has 5 heteroatoms. The van der Waals surface area contributed by atoms with E-state index < -0.39 is 5.91 Å². The lowest BCUT2D eigenvalue weighted by Gasteiger charge is -2.04. The average molecular weight is 221 g/mol. The summed E-state index contributed by atoms with van der Waals surface area (Å²) < 4.78 is 15.5. The zero-order chi connectivity index (χ0) is 11.7. The number of amides is 1. The Balaban J connectivity index is 2.69. The van der Waals surface area contributed by atoms with E-state index in [4.69, 9.17) is 19.6 Å². The van der Waals surface area contributed by atoms with Crippen molar-refractivity contribution in [2.75, 3.05) is 14.2 Å². The third-order valence-corrected chi connectivity index (χ3v) is 2.27. The molecule has 2 rings (SSSR count). The fourth-order valence-electron chi connectivity index (χ4n) is 1.49. The van der Waals surface area contributed by atoms with E-state index in [1.54, 1.807) is 25.3 Å². The standard InChI is InChI=1S/C11H11NO4/c1-14-6-3-8(15-2)7-5-10(11(12)13)16-9(7)4-6/h3-5H,1-2H3,(H2,12,13). The molecule has 0 bridgehead atoms. The largest absolute Gasteiger partial charge is 0.496 e. The normalized spacial score (nSPS) is 10.4. The topological polar surface area (TPSA) is 74.7 Å². The van der Waals surface area contributed by atoms with Gasteiger partial charge in [0.25, 0.3) is 5.91 Å². The highest BCUT2D eigenvalue weighted by Gasteiger charge is 2.13. The zero-order valence-corrected chi connectivity index (χ0v) is 8.94. The van der Waals surface area contributed by atoms with E-state index in [-0.39, 0.29) is 5.76 Å². The summed E-state index contributed by atoms with van der Waals surface area (Å²) in [5, 5.41) is 0.692. The van der Waals surface area contributed by atoms with Gasteiger partial charge in [-0.25, -0.2) is 0 Å². The van der Waals surface area contributed by atoms with Gasteiger partial charge in [-0.1, -0.05) is 0 Å². The Morgan fingerprint density at radius 2 is 2.00 bits per heavy atom. The fourth-order valence-corrected chi connectivity index (χ4v) is 1.49. The number of hydrogen-bond acceptors (Lipinski definition) is 4. The molecular formula is C11H11NO4. The van der Waals surface area contributed by atoms with Crippen molar-refractivity contribution in [3.8, 4) is 11.5 Å². The smallest absolute Gasteiger partial charge is 0.284 e. The van der Waals surface area contributed by atoms with Crippen molar-refractivity contribution in [2.45, 2.75) is 0 Å². The van der Waals surface area contributed by atoms with Gasteiger partial charge in [0.15, 0.2) is 5.76 Å². The summed E-state index contributed by atoms with van der Waals surface area (Å²) >= 11 is 0. The summed E-state index contributed by atoms with van der Waals surface area (Å²) in [4.78, 5) is 11.0. The first kappa shape index (κ1) is 10.4. The number of fused-ring (bicyclic) bond motifs is 1. The molecule has 0 saturated carbocycles. The summed E-state index contributed by atoms with van der Waals surface area (Å²) in [5.74, 6) is 0.652. The minimum Gasteiger partial charge on any atom is -0.496 e. The molecule has 2 aromatic rings. The molecule has 1 aromatic carbocycles. The number of ether oxygens (including phenoxy) is 2. The first-order valence-electron chi connectivity index (χ1n) is 4.61. The molecule has 0 fully saturated rings. The van der Waals surface area contributed by atoms with Gasteiger partial charge < -0.3 is 19.6 Å². The molecule has 0 aliphatic rings. The predicted octanol–water partition coefficient (Wildman–Crippen LogP) is 1.55. The Kier molecular flexibility index (Phi) is 2.44. The zero-order valence-electron chi connectivity index (χ0n) is 8.94. The molecule has 16 heavy (non-hydrogen) atoms. The van der Waals surface area contributed by atoms with Crippen LogP contribution in [0, 0.1) is 0 Å². The second kappa shape index (κ2) is 3.77. The Hall–Kier alpha value is -2.17. The summed E-state index contributed by atoms with van der Waals surface area (Å²) in [6.07, 6.45) is 0. The molecule has 0 spiro atoms. The van der Waals surface area contributed by atoms with E-state index >= 15 is 0 Å². The first-order valence-corrected chi connectivity index (χ1v) is 4.61. The van der Waals surface area contributed by atoms with Crippen LogP contribution in [0.15, 0.2) is 22.6 Å². The van der Waals surface area contributed by atoms with Gasteiger partial charge >= 0.3 is 0 Å². The molecule has 0 radical (unpaired) electrons. The maximum atomic E-state index is 11.0. The van der Waals surface area contributed by atoms with Crippen molar-refractivity contribution in [1.82, 2.24) is 0 Å². The summed E-state index contributed by atoms with van der Waals surface area (Å²) in [7, 11) is 3.07. The van der Waals surface area contributed by atoms with Crippen LogP contribution < -0.4 is 15.2 Å². The molecular weight excluding hydrogens is 210 g/mol. The number of rotatable bonds is 3. The Labute approximate surface area is 91.7 Å². The van der Waals surface area contributed by atoms with Crippen molar-refractivity contribution in [3.63, 3.8) is 0 Å². The predicted molar refractivity (Wildman–Crippen MR) is 57.8 cm³/mol. The fraction of sp³-hybridized carbons (Fsp3) is 0.182. The molecule has 0 aliphatic heterocycles. The Bertz CT molecular complexity index is 544. The highest BCUT2D eigenvalue weighted by molar-refractivity contribution is 5.97. The SMILES string of the molecule is COc1cc(OC)c2cc(C(N)=O)oc2c1. The van der Waals surface area contributed by atoms with E-state index in [1.807, 2.05) is 0 Å². The summed E-state index contributed by atoms with van der Waals surface area (Å²) in [6, 6.07) is 4.93. The molecule has 5 nitrogen and oxygen atoms in total. The highest BCUT2D eigenvalue weighted by atomic mass is 16.5. The summed E-state index contributed by atoms with van der Waals surface area (Å²) in [5.41, 5.74) is 5.64. The van der Waals surface area contributed by atoms with Crippen LogP contribution in [0.5, 0.6) is 11.5 Å². The van der Waals surface area contributed by atoms with E-state index in [0.717, 1.165) is 0 Å². The molecule has 0 unspecified atom stereocenters. The molecule has 0 atom stereocenters. The quantitative estimate of drug-likeness (QED) is 0.853. The van der Waals surface area contributed by atoms with Crippen LogP contribution in [0.2, 0.25) is 0 Å². The van der Waals surface area contributed by atoms with Gasteiger partial charge in [0.05, 0.1) is 19.6 Å². The monoisotopic (exact) mass is 221 g/mol. The maximum absolute atomic E-state index is 11.0. The Morgan fingerprint density at radius 1 is 1.25 bits per heavy atom. The number of furan rings is 1. The number of carbonyl (C=O) groups excluding carboxylic acids is 1. The number of hydrogen-bond donors (Lipinski definition) is 1. The van der Waals surface area contributed by atoms with Crippen LogP contribution in [0.25, 0.3) is 11.0 Å². The van der Waals surface area contributed by atoms with Crippen LogP contribution in [0.1, 0.15) is 10.6 Å². The van der Waals surface area contributed by atoms with E-state index in [0.29, 0.717) is 22.5 Å². The van der Waals surface area contributed by atoms with Crippen molar-refractivity contribution in [3.05, 3.63) is 24.0 Å². The number of primary amides is 1. The molecule has 84 valence electrons. The second-order valence-corrected chi connectivity index (χ2v) is 3.22. The van der Waals surface area contributed by atoms with Crippen LogP contribution in [0.3, 0.4) is 0 Å². The van der Waals surface area contributed by atoms with Gasteiger partial charge in [-0.15, -0.1) is 0 Å². The molecule has 0 saturated heterocycles. The van der Waals surface area contributed by atoms with Crippen LogP contribution in [0.4, 0.5) is 0 Å². The van der Waals surface area contributed by atoms with Crippen molar-refractivity contribution in [1.29, 1.82) is 0 Å². The minimum atomic E-state index is -0.614. The van der Waals surface area contributed by atoms with E-state index in [1.165, 1.54) is 7.11 Å². The van der Waals surface area contributed by atoms with Gasteiger partial charge in [-0.2, -0.15) is 0 Å². The van der Waals surface area contributed by atoms with Crippen molar-refractivity contribution < 1.29 is 18.7 Å². The lowest BCUT2D eigenvalue weighted by atomic mass is 10.2. The second-order valence-electron chi connectivity index (χ2n) is 3.22. The molecule has 1 heterocycles. The van der Waals surface area contributed by atoms with Crippen LogP contribution >= 0.6 is 0 Å². The number of methoxy groups -OCH3 is 2. The van der Waals surface area contributed by atoms with E-state index in [9.17, 15) is 4.79 Å². The third-order valence-electron chi connectivity index (χ3n) is 2.27. The lowest BCUT2D eigenvalue weighted by Crippen LogP contribution is -2.08. The molecule has 2 N–H and O–H groups in total. The maximum Gasteiger partial charge on any atom is 0.284 e. The van der Waals surface area contributed by atoms with Crippen LogP contribution in [-0.4, -0.2) is 20.1 Å².